The van der Waals surface area contributed by atoms with E-state index in [0.29, 0.717) is 5.92 Å². The first-order valence-electron chi connectivity index (χ1n) is 3.51. The Balaban J connectivity index is 3.15. The summed E-state index contributed by atoms with van der Waals surface area (Å²) in [6.45, 7) is 6.55. The van der Waals surface area contributed by atoms with Gasteiger partial charge in [0.25, 0.3) is 0 Å². The molecule has 1 unspecified atom stereocenters. The van der Waals surface area contributed by atoms with Gasteiger partial charge in [-0.3, -0.25) is 4.39 Å². The van der Waals surface area contributed by atoms with Crippen molar-refractivity contribution in [2.45, 2.75) is 32.5 Å². The van der Waals surface area contributed by atoms with Crippen molar-refractivity contribution in [3.63, 3.8) is 0 Å². The van der Waals surface area contributed by atoms with Gasteiger partial charge >= 0.3 is 0 Å². The molecule has 0 aliphatic heterocycles. The number of halogens is 1. The van der Waals surface area contributed by atoms with Gasteiger partial charge in [-0.2, -0.15) is 0 Å². The number of alkyl halides is 1. The molecule has 0 aliphatic carbocycles. The zero-order valence-electron chi connectivity index (χ0n) is 6.58. The van der Waals surface area contributed by atoms with Gasteiger partial charge in [-0.1, -0.05) is 26.1 Å². The first-order valence-corrected chi connectivity index (χ1v) is 6.22. The molecule has 0 aromatic rings. The molecule has 0 fully saturated rings. The standard InChI is InChI=1S/C7H16FSi/c1-7(4-5-8)6-9(2)3/h7H,4-6H2,1-3H3. The average Bonchev–Trinajstić information content (AvgIpc) is 1.63. The molecular formula is C7H16FSi. The Bertz CT molecular complexity index is 63.9. The summed E-state index contributed by atoms with van der Waals surface area (Å²) >= 11 is 0. The molecule has 1 atom stereocenters. The fraction of sp³-hybridized carbons (Fsp3) is 1.00. The maximum Gasteiger partial charge on any atom is 0.0896 e. The lowest BCUT2D eigenvalue weighted by molar-refractivity contribution is 0.419. The third kappa shape index (κ3) is 6.03. The summed E-state index contributed by atoms with van der Waals surface area (Å²) in [5.74, 6) is 0.610. The molecule has 0 amide bonds. The van der Waals surface area contributed by atoms with E-state index in [1.807, 2.05) is 0 Å². The zero-order chi connectivity index (χ0) is 7.28. The van der Waals surface area contributed by atoms with Crippen LogP contribution in [0.2, 0.25) is 19.1 Å². The van der Waals surface area contributed by atoms with Crippen molar-refractivity contribution in [1.29, 1.82) is 0 Å². The number of hydrogen-bond donors (Lipinski definition) is 0. The molecule has 0 spiro atoms. The van der Waals surface area contributed by atoms with Gasteiger partial charge in [0.2, 0.25) is 0 Å². The summed E-state index contributed by atoms with van der Waals surface area (Å²) < 4.78 is 11.7. The molecule has 9 heavy (non-hydrogen) atoms. The topological polar surface area (TPSA) is 0 Å². The van der Waals surface area contributed by atoms with Crippen LogP contribution in [0.25, 0.3) is 0 Å². The van der Waals surface area contributed by atoms with E-state index >= 15 is 0 Å². The maximum atomic E-state index is 11.7. The lowest BCUT2D eigenvalue weighted by atomic mass is 10.1. The molecule has 0 nitrogen and oxygen atoms in total. The number of hydrogen-bond acceptors (Lipinski definition) is 0. The van der Waals surface area contributed by atoms with Crippen molar-refractivity contribution in [2.24, 2.45) is 5.92 Å². The highest BCUT2D eigenvalue weighted by molar-refractivity contribution is 6.55. The Hall–Kier alpha value is 0.147. The Kier molecular flexibility index (Phi) is 5.05. The monoisotopic (exact) mass is 147 g/mol. The molecule has 55 valence electrons. The van der Waals surface area contributed by atoms with E-state index in [0.717, 1.165) is 6.42 Å². The third-order valence-electron chi connectivity index (χ3n) is 1.36. The van der Waals surface area contributed by atoms with Gasteiger partial charge in [-0.25, -0.2) is 0 Å². The van der Waals surface area contributed by atoms with Crippen LogP contribution in [0.1, 0.15) is 13.3 Å². The number of rotatable bonds is 4. The van der Waals surface area contributed by atoms with Crippen LogP contribution < -0.4 is 0 Å². The predicted molar refractivity (Wildman–Crippen MR) is 42.0 cm³/mol. The van der Waals surface area contributed by atoms with E-state index in [1.165, 1.54) is 6.04 Å². The van der Waals surface area contributed by atoms with Crippen LogP contribution >= 0.6 is 0 Å². The smallest absolute Gasteiger partial charge is 0.0896 e. The molecule has 0 aromatic carbocycles. The van der Waals surface area contributed by atoms with Crippen LogP contribution in [0.15, 0.2) is 0 Å². The molecule has 0 aromatic heterocycles. The highest BCUT2D eigenvalue weighted by atomic mass is 28.3. The van der Waals surface area contributed by atoms with Gasteiger partial charge < -0.3 is 0 Å². The van der Waals surface area contributed by atoms with Crippen molar-refractivity contribution < 1.29 is 4.39 Å². The molecule has 0 aliphatic rings. The molecule has 0 bridgehead atoms. The first-order chi connectivity index (χ1) is 4.16. The van der Waals surface area contributed by atoms with Crippen LogP contribution in [-0.2, 0) is 0 Å². The Labute approximate surface area is 59.1 Å². The first kappa shape index (κ1) is 9.15. The Morgan fingerprint density at radius 3 is 2.33 bits per heavy atom. The SMILES string of the molecule is CC(CCF)C[Si](C)C. The lowest BCUT2D eigenvalue weighted by Crippen LogP contribution is -2.06. The molecule has 0 saturated heterocycles. The Morgan fingerprint density at radius 2 is 2.00 bits per heavy atom. The lowest BCUT2D eigenvalue weighted by Gasteiger charge is -2.09. The minimum Gasteiger partial charge on any atom is -0.251 e. The van der Waals surface area contributed by atoms with E-state index in [1.54, 1.807) is 0 Å². The molecule has 1 radical (unpaired) electrons. The summed E-state index contributed by atoms with van der Waals surface area (Å²) in [6.07, 6.45) is 0.760. The molecule has 0 saturated carbocycles. The second kappa shape index (κ2) is 4.97. The van der Waals surface area contributed by atoms with Crippen molar-refractivity contribution in [3.8, 4) is 0 Å². The van der Waals surface area contributed by atoms with Gasteiger partial charge in [0.05, 0.1) is 6.67 Å². The van der Waals surface area contributed by atoms with Gasteiger partial charge in [0.1, 0.15) is 0 Å². The molecule has 0 heterocycles. The van der Waals surface area contributed by atoms with Crippen LogP contribution in [0, 0.1) is 5.92 Å². The predicted octanol–water partition coefficient (Wildman–Crippen LogP) is 2.74. The van der Waals surface area contributed by atoms with E-state index in [2.05, 4.69) is 20.0 Å². The van der Waals surface area contributed by atoms with E-state index in [-0.39, 0.29) is 15.5 Å². The van der Waals surface area contributed by atoms with Gasteiger partial charge in [0, 0.05) is 8.80 Å². The maximum absolute atomic E-state index is 11.7. The summed E-state index contributed by atoms with van der Waals surface area (Å²) in [4.78, 5) is 0. The molecule has 2 heteroatoms. The highest BCUT2D eigenvalue weighted by Crippen LogP contribution is 2.10. The normalized spacial score (nSPS) is 14.3. The van der Waals surface area contributed by atoms with Crippen LogP contribution in [0.4, 0.5) is 4.39 Å². The summed E-state index contributed by atoms with van der Waals surface area (Å²) in [6, 6.07) is 1.26. The molecular weight excluding hydrogens is 131 g/mol. The van der Waals surface area contributed by atoms with Crippen LogP contribution in [-0.4, -0.2) is 15.5 Å². The average molecular weight is 147 g/mol. The van der Waals surface area contributed by atoms with Crippen molar-refractivity contribution in [1.82, 2.24) is 0 Å². The van der Waals surface area contributed by atoms with Crippen molar-refractivity contribution in [2.75, 3.05) is 6.67 Å². The van der Waals surface area contributed by atoms with Gasteiger partial charge in [0.15, 0.2) is 0 Å². The quantitative estimate of drug-likeness (QED) is 0.536. The van der Waals surface area contributed by atoms with E-state index in [9.17, 15) is 4.39 Å². The van der Waals surface area contributed by atoms with Crippen molar-refractivity contribution >= 4 is 8.80 Å². The summed E-state index contributed by atoms with van der Waals surface area (Å²) in [5, 5.41) is 0. The minimum absolute atomic E-state index is 0.122. The van der Waals surface area contributed by atoms with Crippen LogP contribution in [0.5, 0.6) is 0 Å². The summed E-state index contributed by atoms with van der Waals surface area (Å²) in [5.41, 5.74) is 0. The Morgan fingerprint density at radius 1 is 1.44 bits per heavy atom. The van der Waals surface area contributed by atoms with Gasteiger partial charge in [-0.05, 0) is 12.3 Å². The van der Waals surface area contributed by atoms with Crippen LogP contribution in [0.3, 0.4) is 0 Å². The highest BCUT2D eigenvalue weighted by Gasteiger charge is 2.04. The fourth-order valence-electron chi connectivity index (χ4n) is 0.985. The van der Waals surface area contributed by atoms with E-state index in [4.69, 9.17) is 0 Å². The van der Waals surface area contributed by atoms with Crippen molar-refractivity contribution in [3.05, 3.63) is 0 Å². The largest absolute Gasteiger partial charge is 0.251 e. The summed E-state index contributed by atoms with van der Waals surface area (Å²) in [7, 11) is -0.122. The molecule has 0 rings (SSSR count). The zero-order valence-corrected chi connectivity index (χ0v) is 7.58. The molecule has 0 N–H and O–H groups in total. The third-order valence-corrected chi connectivity index (χ3v) is 2.87. The second-order valence-electron chi connectivity index (χ2n) is 2.99. The van der Waals surface area contributed by atoms with Gasteiger partial charge in [-0.15, -0.1) is 0 Å². The minimum atomic E-state index is -0.143. The fourth-order valence-corrected chi connectivity index (χ4v) is 2.58. The van der Waals surface area contributed by atoms with E-state index < -0.39 is 0 Å². The second-order valence-corrected chi connectivity index (χ2v) is 5.82.